The van der Waals surface area contributed by atoms with Crippen LogP contribution in [0.5, 0.6) is 11.5 Å². The molecule has 0 fully saturated rings. The average molecular weight is 286 g/mol. The molecule has 1 aromatic carbocycles. The van der Waals surface area contributed by atoms with Crippen molar-refractivity contribution in [3.63, 3.8) is 0 Å². The second-order valence-corrected chi connectivity index (χ2v) is 4.39. The molecule has 110 valence electrons. The number of nitrogens with zero attached hydrogens (tertiary/aromatic N) is 2. The van der Waals surface area contributed by atoms with Gasteiger partial charge in [0.2, 0.25) is 5.91 Å². The van der Waals surface area contributed by atoms with E-state index < -0.39 is 0 Å². The first-order valence-electron chi connectivity index (χ1n) is 6.46. The lowest BCUT2D eigenvalue weighted by atomic mass is 10.1. The number of aryl methyl sites for hydroxylation is 1. The summed E-state index contributed by atoms with van der Waals surface area (Å²) in [6, 6.07) is 7.41. The van der Waals surface area contributed by atoms with Crippen LogP contribution in [0.3, 0.4) is 0 Å². The van der Waals surface area contributed by atoms with E-state index in [2.05, 4.69) is 5.92 Å². The van der Waals surface area contributed by atoms with Crippen molar-refractivity contribution in [1.29, 1.82) is 5.26 Å². The number of carbonyl (C=O) groups is 1. The van der Waals surface area contributed by atoms with Crippen molar-refractivity contribution in [2.24, 2.45) is 0 Å². The van der Waals surface area contributed by atoms with Crippen LogP contribution < -0.4 is 9.47 Å². The van der Waals surface area contributed by atoms with Crippen molar-refractivity contribution in [2.75, 3.05) is 27.3 Å². The standard InChI is InChI=1S/C16H18N2O3/c1-4-11-21-14-7-5-13(12-15(14)20-3)6-8-16(19)18(2)10-9-17/h1,5,7,12H,6,8,10-11H2,2-3H3. The summed E-state index contributed by atoms with van der Waals surface area (Å²) in [5.74, 6) is 3.49. The molecule has 0 heterocycles. The van der Waals surface area contributed by atoms with Gasteiger partial charge >= 0.3 is 0 Å². The van der Waals surface area contributed by atoms with Crippen molar-refractivity contribution >= 4 is 5.91 Å². The minimum Gasteiger partial charge on any atom is -0.493 e. The predicted octanol–water partition coefficient (Wildman–Crippen LogP) is 1.62. The van der Waals surface area contributed by atoms with E-state index in [4.69, 9.17) is 21.2 Å². The van der Waals surface area contributed by atoms with Crippen LogP contribution in [0.25, 0.3) is 0 Å². The molecule has 0 aromatic heterocycles. The maximum Gasteiger partial charge on any atom is 0.223 e. The summed E-state index contributed by atoms with van der Waals surface area (Å²) in [6.45, 7) is 0.272. The van der Waals surface area contributed by atoms with Crippen LogP contribution in [0.2, 0.25) is 0 Å². The number of ether oxygens (including phenoxy) is 2. The largest absolute Gasteiger partial charge is 0.493 e. The fourth-order valence-corrected chi connectivity index (χ4v) is 1.74. The minimum absolute atomic E-state index is 0.0665. The molecular weight excluding hydrogens is 268 g/mol. The van der Waals surface area contributed by atoms with Crippen LogP contribution in [-0.4, -0.2) is 38.1 Å². The molecule has 1 amide bonds. The lowest BCUT2D eigenvalue weighted by Gasteiger charge is -2.13. The Balaban J connectivity index is 2.67. The Morgan fingerprint density at radius 1 is 1.43 bits per heavy atom. The molecule has 0 aliphatic heterocycles. The number of amides is 1. The van der Waals surface area contributed by atoms with Crippen molar-refractivity contribution in [3.8, 4) is 29.9 Å². The number of nitriles is 1. The smallest absolute Gasteiger partial charge is 0.223 e. The molecule has 0 radical (unpaired) electrons. The lowest BCUT2D eigenvalue weighted by molar-refractivity contribution is -0.129. The summed E-state index contributed by atoms with van der Waals surface area (Å²) in [4.78, 5) is 13.2. The number of hydrogen-bond acceptors (Lipinski definition) is 4. The Kier molecular flexibility index (Phi) is 6.63. The van der Waals surface area contributed by atoms with Crippen LogP contribution in [-0.2, 0) is 11.2 Å². The van der Waals surface area contributed by atoms with E-state index in [0.717, 1.165) is 5.56 Å². The summed E-state index contributed by atoms with van der Waals surface area (Å²) in [5, 5.41) is 8.55. The van der Waals surface area contributed by atoms with Gasteiger partial charge in [0.05, 0.1) is 13.2 Å². The summed E-state index contributed by atoms with van der Waals surface area (Å²) >= 11 is 0. The Morgan fingerprint density at radius 2 is 2.19 bits per heavy atom. The Labute approximate surface area is 125 Å². The SMILES string of the molecule is C#CCOc1ccc(CCC(=O)N(C)CC#N)cc1OC. The van der Waals surface area contributed by atoms with Crippen LogP contribution >= 0.6 is 0 Å². The molecule has 0 saturated carbocycles. The van der Waals surface area contributed by atoms with Gasteiger partial charge in [-0.05, 0) is 24.1 Å². The monoisotopic (exact) mass is 286 g/mol. The van der Waals surface area contributed by atoms with Crippen molar-refractivity contribution in [2.45, 2.75) is 12.8 Å². The highest BCUT2D eigenvalue weighted by molar-refractivity contribution is 5.76. The molecule has 1 aromatic rings. The summed E-state index contributed by atoms with van der Waals surface area (Å²) in [7, 11) is 3.16. The highest BCUT2D eigenvalue weighted by atomic mass is 16.5. The first-order chi connectivity index (χ1) is 10.1. The number of benzene rings is 1. The number of terminal acetylenes is 1. The second kappa shape index (κ2) is 8.50. The summed E-state index contributed by atoms with van der Waals surface area (Å²) < 4.78 is 10.6. The van der Waals surface area contributed by atoms with Crippen molar-refractivity contribution < 1.29 is 14.3 Å². The van der Waals surface area contributed by atoms with Crippen LogP contribution in [0.15, 0.2) is 18.2 Å². The molecule has 5 nitrogen and oxygen atoms in total. The molecule has 0 saturated heterocycles. The van der Waals surface area contributed by atoms with Crippen LogP contribution in [0.1, 0.15) is 12.0 Å². The number of carbonyl (C=O) groups excluding carboxylic acids is 1. The molecule has 0 N–H and O–H groups in total. The third-order valence-electron chi connectivity index (χ3n) is 2.90. The van der Waals surface area contributed by atoms with E-state index in [1.54, 1.807) is 20.2 Å². The maximum absolute atomic E-state index is 11.8. The zero-order valence-electron chi connectivity index (χ0n) is 12.3. The van der Waals surface area contributed by atoms with Gasteiger partial charge in [0, 0.05) is 13.5 Å². The first kappa shape index (κ1) is 16.4. The maximum atomic E-state index is 11.8. The zero-order chi connectivity index (χ0) is 15.7. The van der Waals surface area contributed by atoms with E-state index in [-0.39, 0.29) is 19.1 Å². The summed E-state index contributed by atoms with van der Waals surface area (Å²) in [6.07, 6.45) is 6.06. The highest BCUT2D eigenvalue weighted by Gasteiger charge is 2.10. The van der Waals surface area contributed by atoms with Gasteiger partial charge in [-0.15, -0.1) is 6.42 Å². The molecule has 1 rings (SSSR count). The molecular formula is C16H18N2O3. The molecule has 0 aliphatic rings. The fourth-order valence-electron chi connectivity index (χ4n) is 1.74. The third-order valence-corrected chi connectivity index (χ3v) is 2.90. The molecule has 0 atom stereocenters. The van der Waals surface area contributed by atoms with Gasteiger partial charge < -0.3 is 14.4 Å². The molecule has 0 unspecified atom stereocenters. The Hall–Kier alpha value is -2.66. The van der Waals surface area contributed by atoms with Gasteiger partial charge in [-0.25, -0.2) is 0 Å². The van der Waals surface area contributed by atoms with E-state index >= 15 is 0 Å². The number of hydrogen-bond donors (Lipinski definition) is 0. The normalized spacial score (nSPS) is 9.33. The Bertz CT molecular complexity index is 570. The van der Waals surface area contributed by atoms with E-state index in [9.17, 15) is 4.79 Å². The topological polar surface area (TPSA) is 62.6 Å². The summed E-state index contributed by atoms with van der Waals surface area (Å²) in [5.41, 5.74) is 0.957. The lowest BCUT2D eigenvalue weighted by Crippen LogP contribution is -2.27. The van der Waals surface area contributed by atoms with Crippen LogP contribution in [0.4, 0.5) is 0 Å². The van der Waals surface area contributed by atoms with Crippen molar-refractivity contribution in [1.82, 2.24) is 4.90 Å². The number of methoxy groups -OCH3 is 1. The first-order valence-corrected chi connectivity index (χ1v) is 6.46. The minimum atomic E-state index is -0.0665. The molecule has 21 heavy (non-hydrogen) atoms. The van der Waals surface area contributed by atoms with E-state index in [1.807, 2.05) is 18.2 Å². The molecule has 0 spiro atoms. The zero-order valence-corrected chi connectivity index (χ0v) is 12.3. The predicted molar refractivity (Wildman–Crippen MR) is 78.9 cm³/mol. The average Bonchev–Trinajstić information content (AvgIpc) is 2.51. The highest BCUT2D eigenvalue weighted by Crippen LogP contribution is 2.28. The number of rotatable bonds is 7. The quantitative estimate of drug-likeness (QED) is 0.564. The van der Waals surface area contributed by atoms with Crippen molar-refractivity contribution in [3.05, 3.63) is 23.8 Å². The Morgan fingerprint density at radius 3 is 2.81 bits per heavy atom. The molecule has 0 bridgehead atoms. The molecule has 5 heteroatoms. The van der Waals surface area contributed by atoms with Gasteiger partial charge in [0.1, 0.15) is 13.2 Å². The van der Waals surface area contributed by atoms with E-state index in [1.165, 1.54) is 4.90 Å². The van der Waals surface area contributed by atoms with E-state index in [0.29, 0.717) is 24.3 Å². The van der Waals surface area contributed by atoms with Crippen LogP contribution in [0, 0.1) is 23.7 Å². The van der Waals surface area contributed by atoms with Gasteiger partial charge in [-0.1, -0.05) is 12.0 Å². The van der Waals surface area contributed by atoms with Gasteiger partial charge in [-0.3, -0.25) is 4.79 Å². The fraction of sp³-hybridized carbons (Fsp3) is 0.375. The van der Waals surface area contributed by atoms with Gasteiger partial charge in [0.25, 0.3) is 0 Å². The molecule has 0 aliphatic carbocycles. The van der Waals surface area contributed by atoms with Gasteiger partial charge in [0.15, 0.2) is 11.5 Å². The van der Waals surface area contributed by atoms with Gasteiger partial charge in [-0.2, -0.15) is 5.26 Å². The second-order valence-electron chi connectivity index (χ2n) is 4.39. The third kappa shape index (κ3) is 5.08.